The fourth-order valence-electron chi connectivity index (χ4n) is 2.61. The Bertz CT molecular complexity index is 454. The van der Waals surface area contributed by atoms with E-state index in [9.17, 15) is 4.79 Å². The van der Waals surface area contributed by atoms with Gasteiger partial charge < -0.3 is 16.0 Å². The van der Waals surface area contributed by atoms with Crippen LogP contribution in [0.2, 0.25) is 0 Å². The smallest absolute Gasteiger partial charge is 0.270 e. The monoisotopic (exact) mass is 310 g/mol. The van der Waals surface area contributed by atoms with Crippen LogP contribution in [0.15, 0.2) is 5.38 Å². The highest BCUT2D eigenvalue weighted by Gasteiger charge is 2.16. The summed E-state index contributed by atoms with van der Waals surface area (Å²) >= 11 is 1.44. The minimum absolute atomic E-state index is 0.0938. The first-order valence-electron chi connectivity index (χ1n) is 7.78. The van der Waals surface area contributed by atoms with Crippen molar-refractivity contribution in [1.82, 2.24) is 15.2 Å². The summed E-state index contributed by atoms with van der Waals surface area (Å²) in [6, 6.07) is -0.116. The highest BCUT2D eigenvalue weighted by atomic mass is 32.1. The van der Waals surface area contributed by atoms with Gasteiger partial charge in [0.05, 0.1) is 6.04 Å². The number of carbonyl (C=O) groups excluding carboxylic acids is 1. The Morgan fingerprint density at radius 2 is 2.14 bits per heavy atom. The number of nitrogens with zero attached hydrogens (tertiary/aromatic N) is 2. The van der Waals surface area contributed by atoms with Gasteiger partial charge in [0.25, 0.3) is 5.91 Å². The first kappa shape index (κ1) is 16.4. The zero-order valence-corrected chi connectivity index (χ0v) is 13.8. The lowest BCUT2D eigenvalue weighted by Gasteiger charge is -2.29. The molecule has 5 nitrogen and oxygen atoms in total. The summed E-state index contributed by atoms with van der Waals surface area (Å²) in [6.07, 6.45) is 3.96. The van der Waals surface area contributed by atoms with Gasteiger partial charge in [0, 0.05) is 18.5 Å². The molecule has 1 aromatic rings. The molecule has 1 aliphatic rings. The standard InChI is InChI=1S/C15H26N4OS/c1-11(9-19-6-4-3-5-7-19)8-17-14(20)13-10-21-15(18-13)12(2)16/h10-12H,3-9,16H2,1-2H3,(H,17,20). The van der Waals surface area contributed by atoms with E-state index in [1.54, 1.807) is 5.38 Å². The normalized spacial score (nSPS) is 19.2. The van der Waals surface area contributed by atoms with Gasteiger partial charge in [-0.15, -0.1) is 11.3 Å². The Morgan fingerprint density at radius 3 is 2.76 bits per heavy atom. The molecule has 0 spiro atoms. The van der Waals surface area contributed by atoms with Crippen LogP contribution in [-0.2, 0) is 0 Å². The third-order valence-electron chi connectivity index (χ3n) is 3.77. The van der Waals surface area contributed by atoms with Crippen LogP contribution in [0.1, 0.15) is 54.6 Å². The van der Waals surface area contributed by atoms with Crippen LogP contribution in [0.3, 0.4) is 0 Å². The molecule has 0 saturated carbocycles. The average molecular weight is 310 g/mol. The zero-order chi connectivity index (χ0) is 15.2. The average Bonchev–Trinajstić information content (AvgIpc) is 2.96. The fourth-order valence-corrected chi connectivity index (χ4v) is 3.36. The number of carbonyl (C=O) groups is 1. The Balaban J connectivity index is 1.74. The SMILES string of the molecule is CC(CNC(=O)c1csc(C(C)N)n1)CN1CCCCC1. The van der Waals surface area contributed by atoms with Gasteiger partial charge >= 0.3 is 0 Å². The molecular formula is C15H26N4OS. The highest BCUT2D eigenvalue weighted by Crippen LogP contribution is 2.16. The Labute approximate surface area is 130 Å². The summed E-state index contributed by atoms with van der Waals surface area (Å²) in [5.74, 6) is 0.363. The van der Waals surface area contributed by atoms with Crippen LogP contribution in [0.25, 0.3) is 0 Å². The molecule has 2 unspecified atom stereocenters. The summed E-state index contributed by atoms with van der Waals surface area (Å²) in [7, 11) is 0. The van der Waals surface area contributed by atoms with E-state index in [0.29, 0.717) is 18.2 Å². The maximum absolute atomic E-state index is 12.1. The maximum atomic E-state index is 12.1. The van der Waals surface area contributed by atoms with Crippen LogP contribution < -0.4 is 11.1 Å². The van der Waals surface area contributed by atoms with Crippen LogP contribution in [-0.4, -0.2) is 42.0 Å². The molecule has 1 aliphatic heterocycles. The van der Waals surface area contributed by atoms with Crippen molar-refractivity contribution in [2.75, 3.05) is 26.2 Å². The minimum Gasteiger partial charge on any atom is -0.350 e. The number of nitrogens with two attached hydrogens (primary N) is 1. The minimum atomic E-state index is -0.116. The summed E-state index contributed by atoms with van der Waals surface area (Å²) in [5, 5.41) is 5.57. The van der Waals surface area contributed by atoms with Gasteiger partial charge in [-0.05, 0) is 38.8 Å². The molecule has 118 valence electrons. The topological polar surface area (TPSA) is 71.2 Å². The van der Waals surface area contributed by atoms with E-state index < -0.39 is 0 Å². The van der Waals surface area contributed by atoms with Crippen molar-refractivity contribution in [2.45, 2.75) is 39.2 Å². The second-order valence-corrected chi connectivity index (χ2v) is 6.93. The number of piperidine rings is 1. The molecule has 1 aromatic heterocycles. The third-order valence-corrected chi connectivity index (χ3v) is 4.82. The molecule has 2 atom stereocenters. The number of amides is 1. The lowest BCUT2D eigenvalue weighted by Crippen LogP contribution is -2.38. The number of nitrogens with one attached hydrogen (secondary N) is 1. The summed E-state index contributed by atoms with van der Waals surface area (Å²) in [5.41, 5.74) is 6.25. The molecule has 0 bridgehead atoms. The number of aromatic nitrogens is 1. The Morgan fingerprint density at radius 1 is 1.43 bits per heavy atom. The van der Waals surface area contributed by atoms with Gasteiger partial charge in [-0.25, -0.2) is 4.98 Å². The molecule has 2 rings (SSSR count). The molecule has 0 aromatic carbocycles. The van der Waals surface area contributed by atoms with E-state index in [0.717, 1.165) is 11.6 Å². The lowest BCUT2D eigenvalue weighted by molar-refractivity contribution is 0.0938. The fraction of sp³-hybridized carbons (Fsp3) is 0.733. The van der Waals surface area contributed by atoms with Gasteiger partial charge in [-0.1, -0.05) is 13.3 Å². The van der Waals surface area contributed by atoms with Crippen LogP contribution in [0.5, 0.6) is 0 Å². The van der Waals surface area contributed by atoms with E-state index >= 15 is 0 Å². The van der Waals surface area contributed by atoms with Crippen molar-refractivity contribution < 1.29 is 4.79 Å². The predicted octanol–water partition coefficient (Wildman–Crippen LogP) is 2.01. The van der Waals surface area contributed by atoms with Crippen LogP contribution in [0.4, 0.5) is 0 Å². The number of rotatable bonds is 6. The second kappa shape index (κ2) is 7.87. The predicted molar refractivity (Wildman–Crippen MR) is 86.5 cm³/mol. The largest absolute Gasteiger partial charge is 0.350 e. The van der Waals surface area contributed by atoms with E-state index in [4.69, 9.17) is 5.73 Å². The quantitative estimate of drug-likeness (QED) is 0.843. The van der Waals surface area contributed by atoms with Crippen molar-refractivity contribution in [3.05, 3.63) is 16.1 Å². The first-order valence-corrected chi connectivity index (χ1v) is 8.65. The van der Waals surface area contributed by atoms with E-state index in [-0.39, 0.29) is 11.9 Å². The van der Waals surface area contributed by atoms with Gasteiger partial charge in [0.15, 0.2) is 0 Å². The molecule has 3 N–H and O–H groups in total. The maximum Gasteiger partial charge on any atom is 0.270 e. The third kappa shape index (κ3) is 5.05. The van der Waals surface area contributed by atoms with Crippen LogP contribution >= 0.6 is 11.3 Å². The van der Waals surface area contributed by atoms with Gasteiger partial charge in [0.2, 0.25) is 0 Å². The summed E-state index contributed by atoms with van der Waals surface area (Å²) in [4.78, 5) is 18.8. The van der Waals surface area contributed by atoms with Crippen molar-refractivity contribution in [3.8, 4) is 0 Å². The van der Waals surface area contributed by atoms with Gasteiger partial charge in [-0.3, -0.25) is 4.79 Å². The molecule has 2 heterocycles. The van der Waals surface area contributed by atoms with Gasteiger partial charge in [0.1, 0.15) is 10.7 Å². The van der Waals surface area contributed by atoms with E-state index in [1.807, 2.05) is 6.92 Å². The van der Waals surface area contributed by atoms with Crippen molar-refractivity contribution >= 4 is 17.2 Å². The van der Waals surface area contributed by atoms with Gasteiger partial charge in [-0.2, -0.15) is 0 Å². The first-order chi connectivity index (χ1) is 10.1. The van der Waals surface area contributed by atoms with Crippen molar-refractivity contribution in [3.63, 3.8) is 0 Å². The number of hydrogen-bond donors (Lipinski definition) is 2. The van der Waals surface area contributed by atoms with E-state index in [1.165, 1.54) is 43.7 Å². The Hall–Kier alpha value is -0.980. The number of likely N-dealkylation sites (tertiary alicyclic amines) is 1. The molecule has 6 heteroatoms. The highest BCUT2D eigenvalue weighted by molar-refractivity contribution is 7.09. The molecule has 0 aliphatic carbocycles. The van der Waals surface area contributed by atoms with E-state index in [2.05, 4.69) is 22.1 Å². The Kier molecular flexibility index (Phi) is 6.14. The zero-order valence-electron chi connectivity index (χ0n) is 13.0. The number of thiazole rings is 1. The lowest BCUT2D eigenvalue weighted by atomic mass is 10.1. The summed E-state index contributed by atoms with van der Waals surface area (Å²) in [6.45, 7) is 8.21. The molecule has 21 heavy (non-hydrogen) atoms. The molecule has 0 radical (unpaired) electrons. The molecule has 1 amide bonds. The van der Waals surface area contributed by atoms with Crippen molar-refractivity contribution in [2.24, 2.45) is 11.7 Å². The van der Waals surface area contributed by atoms with Crippen molar-refractivity contribution in [1.29, 1.82) is 0 Å². The molecule has 1 saturated heterocycles. The second-order valence-electron chi connectivity index (χ2n) is 6.04. The molecular weight excluding hydrogens is 284 g/mol. The van der Waals surface area contributed by atoms with Crippen LogP contribution in [0, 0.1) is 5.92 Å². The summed E-state index contributed by atoms with van der Waals surface area (Å²) < 4.78 is 0. The number of hydrogen-bond acceptors (Lipinski definition) is 5. The molecule has 1 fully saturated rings.